The summed E-state index contributed by atoms with van der Waals surface area (Å²) in [5.74, 6) is -4.57. The molecule has 0 amide bonds. The molecule has 0 N–H and O–H groups in total. The van der Waals surface area contributed by atoms with Crippen molar-refractivity contribution in [1.29, 1.82) is 0 Å². The summed E-state index contributed by atoms with van der Waals surface area (Å²) in [6.45, 7) is 0. The molecule has 0 unspecified atom stereocenters. The monoisotopic (exact) mass is 277 g/mol. The summed E-state index contributed by atoms with van der Waals surface area (Å²) in [5, 5.41) is 0. The van der Waals surface area contributed by atoms with Gasteiger partial charge in [-0.2, -0.15) is 17.6 Å². The van der Waals surface area contributed by atoms with Crippen molar-refractivity contribution in [1.82, 2.24) is 4.98 Å². The highest BCUT2D eigenvalue weighted by atomic mass is 19.4. The Bertz CT molecular complexity index is 620. The van der Waals surface area contributed by atoms with Crippen LogP contribution in [0.2, 0.25) is 0 Å². The molecule has 0 radical (unpaired) electrons. The molecule has 0 aliphatic heterocycles. The maximum absolute atomic E-state index is 13.5. The molecule has 0 aliphatic rings. The van der Waals surface area contributed by atoms with Gasteiger partial charge < -0.3 is 0 Å². The van der Waals surface area contributed by atoms with E-state index in [2.05, 4.69) is 4.98 Å². The third-order valence-corrected chi connectivity index (χ3v) is 2.43. The Labute approximate surface area is 103 Å². The average molecular weight is 277 g/mol. The lowest BCUT2D eigenvalue weighted by Crippen LogP contribution is -2.12. The molecule has 0 spiro atoms. The van der Waals surface area contributed by atoms with Crippen molar-refractivity contribution in [2.45, 2.75) is 6.18 Å². The molecule has 100 valence electrons. The molecule has 0 aliphatic carbocycles. The zero-order chi connectivity index (χ0) is 14.2. The second-order valence-corrected chi connectivity index (χ2v) is 3.62. The molecule has 0 saturated carbocycles. The zero-order valence-corrected chi connectivity index (χ0v) is 9.10. The van der Waals surface area contributed by atoms with Gasteiger partial charge in [0, 0.05) is 17.3 Å². The number of nitrogens with zero attached hydrogens (tertiary/aromatic N) is 1. The molecular formula is C12H5F6N. The van der Waals surface area contributed by atoms with Crippen molar-refractivity contribution in [3.63, 3.8) is 0 Å². The molecule has 7 heteroatoms. The fourth-order valence-corrected chi connectivity index (χ4v) is 1.64. The quantitative estimate of drug-likeness (QED) is 0.562. The van der Waals surface area contributed by atoms with Gasteiger partial charge in [-0.3, -0.25) is 0 Å². The van der Waals surface area contributed by atoms with Gasteiger partial charge in [0.2, 0.25) is 5.95 Å². The maximum atomic E-state index is 13.5. The lowest BCUT2D eigenvalue weighted by Gasteiger charge is -2.13. The molecule has 1 heterocycles. The van der Waals surface area contributed by atoms with E-state index in [0.29, 0.717) is 0 Å². The highest BCUT2D eigenvalue weighted by Gasteiger charge is 2.38. The smallest absolute Gasteiger partial charge is 0.228 e. The van der Waals surface area contributed by atoms with Gasteiger partial charge in [0.05, 0.1) is 0 Å². The third-order valence-electron chi connectivity index (χ3n) is 2.43. The van der Waals surface area contributed by atoms with Crippen molar-refractivity contribution in [2.75, 3.05) is 0 Å². The molecule has 0 saturated heterocycles. The van der Waals surface area contributed by atoms with Gasteiger partial charge in [-0.1, -0.05) is 12.1 Å². The van der Waals surface area contributed by atoms with Crippen LogP contribution in [0.4, 0.5) is 26.3 Å². The number of rotatable bonds is 1. The topological polar surface area (TPSA) is 12.9 Å². The summed E-state index contributed by atoms with van der Waals surface area (Å²) < 4.78 is 77.9. The van der Waals surface area contributed by atoms with E-state index in [4.69, 9.17) is 0 Å². The van der Waals surface area contributed by atoms with E-state index in [1.54, 1.807) is 0 Å². The molecule has 1 nitrogen and oxygen atoms in total. The zero-order valence-electron chi connectivity index (χ0n) is 9.10. The van der Waals surface area contributed by atoms with Crippen LogP contribution in [0.3, 0.4) is 0 Å². The summed E-state index contributed by atoms with van der Waals surface area (Å²) in [7, 11) is 0. The number of benzene rings is 1. The molecule has 1 aromatic carbocycles. The molecular weight excluding hydrogens is 272 g/mol. The van der Waals surface area contributed by atoms with Gasteiger partial charge in [-0.25, -0.2) is 13.8 Å². The SMILES string of the molecule is Fc1cccc(-c2ccnc(F)c2C(F)(F)F)c1F. The lowest BCUT2D eigenvalue weighted by molar-refractivity contribution is -0.139. The lowest BCUT2D eigenvalue weighted by atomic mass is 10.0. The van der Waals surface area contributed by atoms with Crippen LogP contribution in [0.1, 0.15) is 5.56 Å². The summed E-state index contributed by atoms with van der Waals surface area (Å²) in [6, 6.07) is 3.50. The minimum absolute atomic E-state index is 0.673. The van der Waals surface area contributed by atoms with Crippen molar-refractivity contribution in [3.8, 4) is 11.1 Å². The van der Waals surface area contributed by atoms with Gasteiger partial charge in [-0.05, 0) is 12.1 Å². The predicted octanol–water partition coefficient (Wildman–Crippen LogP) is 4.18. The van der Waals surface area contributed by atoms with Crippen molar-refractivity contribution in [2.24, 2.45) is 0 Å². The molecule has 0 atom stereocenters. The fraction of sp³-hybridized carbons (Fsp3) is 0.0833. The first-order valence-corrected chi connectivity index (χ1v) is 4.98. The third kappa shape index (κ3) is 2.40. The van der Waals surface area contributed by atoms with Crippen LogP contribution in [-0.4, -0.2) is 4.98 Å². The maximum Gasteiger partial charge on any atom is 0.421 e. The minimum atomic E-state index is -5.06. The largest absolute Gasteiger partial charge is 0.421 e. The average Bonchev–Trinajstić information content (AvgIpc) is 2.30. The normalized spacial score (nSPS) is 11.7. The van der Waals surface area contributed by atoms with Crippen LogP contribution in [0, 0.1) is 17.6 Å². The van der Waals surface area contributed by atoms with Gasteiger partial charge in [-0.15, -0.1) is 0 Å². The Morgan fingerprint density at radius 1 is 0.895 bits per heavy atom. The fourth-order valence-electron chi connectivity index (χ4n) is 1.64. The number of halogens is 6. The van der Waals surface area contributed by atoms with Gasteiger partial charge in [0.25, 0.3) is 0 Å². The van der Waals surface area contributed by atoms with Crippen molar-refractivity contribution in [3.05, 3.63) is 53.6 Å². The summed E-state index contributed by atoms with van der Waals surface area (Å²) in [6.07, 6.45) is -4.31. The van der Waals surface area contributed by atoms with Crippen LogP contribution >= 0.6 is 0 Å². The Morgan fingerprint density at radius 3 is 2.21 bits per heavy atom. The van der Waals surface area contributed by atoms with E-state index >= 15 is 0 Å². The second kappa shape index (κ2) is 4.56. The first kappa shape index (κ1) is 13.4. The minimum Gasteiger partial charge on any atom is -0.228 e. The highest BCUT2D eigenvalue weighted by molar-refractivity contribution is 5.68. The summed E-state index contributed by atoms with van der Waals surface area (Å²) in [5.41, 5.74) is -3.19. The summed E-state index contributed by atoms with van der Waals surface area (Å²) in [4.78, 5) is 2.88. The highest BCUT2D eigenvalue weighted by Crippen LogP contribution is 2.39. The summed E-state index contributed by atoms with van der Waals surface area (Å²) >= 11 is 0. The van der Waals surface area contributed by atoms with Crippen LogP contribution in [0.15, 0.2) is 30.5 Å². The predicted molar refractivity (Wildman–Crippen MR) is 54.5 cm³/mol. The van der Waals surface area contributed by atoms with Gasteiger partial charge in [0.15, 0.2) is 11.6 Å². The Morgan fingerprint density at radius 2 is 1.58 bits per heavy atom. The molecule has 0 bridgehead atoms. The second-order valence-electron chi connectivity index (χ2n) is 3.62. The van der Waals surface area contributed by atoms with Gasteiger partial charge >= 0.3 is 6.18 Å². The number of hydrogen-bond acceptors (Lipinski definition) is 1. The number of pyridine rings is 1. The Balaban J connectivity index is 2.77. The number of alkyl halides is 3. The van der Waals surface area contributed by atoms with Crippen LogP contribution < -0.4 is 0 Å². The van der Waals surface area contributed by atoms with Crippen LogP contribution in [-0.2, 0) is 6.18 Å². The van der Waals surface area contributed by atoms with E-state index in [-0.39, 0.29) is 0 Å². The molecule has 0 fully saturated rings. The van der Waals surface area contributed by atoms with E-state index in [1.165, 1.54) is 0 Å². The molecule has 1 aromatic heterocycles. The van der Waals surface area contributed by atoms with Crippen LogP contribution in [0.25, 0.3) is 11.1 Å². The van der Waals surface area contributed by atoms with Crippen molar-refractivity contribution >= 4 is 0 Å². The number of hydrogen-bond donors (Lipinski definition) is 0. The Kier molecular flexibility index (Phi) is 3.21. The molecule has 2 aromatic rings. The molecule has 2 rings (SSSR count). The first-order valence-electron chi connectivity index (χ1n) is 4.98. The van der Waals surface area contributed by atoms with E-state index < -0.39 is 40.4 Å². The van der Waals surface area contributed by atoms with E-state index in [0.717, 1.165) is 30.5 Å². The number of aromatic nitrogens is 1. The van der Waals surface area contributed by atoms with E-state index in [9.17, 15) is 26.3 Å². The van der Waals surface area contributed by atoms with E-state index in [1.807, 2.05) is 0 Å². The Hall–Kier alpha value is -2.05. The standard InChI is InChI=1S/C12H5F6N/c13-8-3-1-2-7(10(8)14)6-4-5-19-11(15)9(6)12(16,17)18/h1-5H. The van der Waals surface area contributed by atoms with Crippen LogP contribution in [0.5, 0.6) is 0 Å². The van der Waals surface area contributed by atoms with Gasteiger partial charge in [0.1, 0.15) is 5.56 Å². The molecule has 19 heavy (non-hydrogen) atoms. The van der Waals surface area contributed by atoms with Crippen molar-refractivity contribution < 1.29 is 26.3 Å². The first-order chi connectivity index (χ1) is 8.82.